The standard InChI is InChI=1S/C14H19F3N2/c1-2-3-10-8-19(9-10)12-5-4-11(7-18)13(6-12)14(15,16)17/h4-6,10H,2-3,7-9,18H2,1H3. The lowest BCUT2D eigenvalue weighted by Crippen LogP contribution is -2.46. The van der Waals surface area contributed by atoms with Crippen LogP contribution in [0.2, 0.25) is 0 Å². The molecule has 1 aliphatic heterocycles. The Labute approximate surface area is 111 Å². The highest BCUT2D eigenvalue weighted by Crippen LogP contribution is 2.36. The highest BCUT2D eigenvalue weighted by atomic mass is 19.4. The quantitative estimate of drug-likeness (QED) is 0.910. The fraction of sp³-hybridized carbons (Fsp3) is 0.571. The average molecular weight is 272 g/mol. The van der Waals surface area contributed by atoms with Crippen LogP contribution in [-0.2, 0) is 12.7 Å². The molecule has 0 bridgehead atoms. The molecule has 2 nitrogen and oxygen atoms in total. The van der Waals surface area contributed by atoms with Crippen LogP contribution >= 0.6 is 0 Å². The van der Waals surface area contributed by atoms with Crippen LogP contribution in [0.25, 0.3) is 0 Å². The third-order valence-electron chi connectivity index (χ3n) is 3.64. The lowest BCUT2D eigenvalue weighted by atomic mass is 9.93. The summed E-state index contributed by atoms with van der Waals surface area (Å²) in [4.78, 5) is 2.00. The maximum absolute atomic E-state index is 12.9. The summed E-state index contributed by atoms with van der Waals surface area (Å²) < 4.78 is 38.8. The van der Waals surface area contributed by atoms with Crippen molar-refractivity contribution in [2.75, 3.05) is 18.0 Å². The Morgan fingerprint density at radius 2 is 2.00 bits per heavy atom. The van der Waals surface area contributed by atoms with Crippen LogP contribution < -0.4 is 10.6 Å². The van der Waals surface area contributed by atoms with Crippen LogP contribution in [0.15, 0.2) is 18.2 Å². The summed E-state index contributed by atoms with van der Waals surface area (Å²) in [5.74, 6) is 0.619. The molecule has 0 aliphatic carbocycles. The maximum Gasteiger partial charge on any atom is 0.416 e. The molecule has 0 unspecified atom stereocenters. The molecule has 0 amide bonds. The van der Waals surface area contributed by atoms with Crippen LogP contribution in [0.3, 0.4) is 0 Å². The molecule has 0 spiro atoms. The van der Waals surface area contributed by atoms with E-state index in [4.69, 9.17) is 5.73 Å². The van der Waals surface area contributed by atoms with Crippen molar-refractivity contribution in [1.82, 2.24) is 0 Å². The second-order valence-corrected chi connectivity index (χ2v) is 5.10. The van der Waals surface area contributed by atoms with Crippen LogP contribution in [0.4, 0.5) is 18.9 Å². The molecular formula is C14H19F3N2. The number of hydrogen-bond donors (Lipinski definition) is 1. The minimum absolute atomic E-state index is 0.0897. The first-order chi connectivity index (χ1) is 8.95. The number of hydrogen-bond acceptors (Lipinski definition) is 2. The molecule has 106 valence electrons. The molecule has 5 heteroatoms. The maximum atomic E-state index is 12.9. The van der Waals surface area contributed by atoms with Gasteiger partial charge in [0.15, 0.2) is 0 Å². The molecule has 19 heavy (non-hydrogen) atoms. The molecular weight excluding hydrogens is 253 g/mol. The van der Waals surface area contributed by atoms with Gasteiger partial charge in [-0.15, -0.1) is 0 Å². The van der Waals surface area contributed by atoms with Gasteiger partial charge in [0.25, 0.3) is 0 Å². The first-order valence-electron chi connectivity index (χ1n) is 6.60. The number of nitrogens with zero attached hydrogens (tertiary/aromatic N) is 1. The number of benzene rings is 1. The van der Waals surface area contributed by atoms with Gasteiger partial charge in [0.05, 0.1) is 5.56 Å². The van der Waals surface area contributed by atoms with Gasteiger partial charge < -0.3 is 10.6 Å². The predicted octanol–water partition coefficient (Wildman–Crippen LogP) is 3.40. The smallest absolute Gasteiger partial charge is 0.371 e. The van der Waals surface area contributed by atoms with E-state index in [-0.39, 0.29) is 12.1 Å². The summed E-state index contributed by atoms with van der Waals surface area (Å²) in [6, 6.07) is 4.45. The van der Waals surface area contributed by atoms with E-state index in [1.54, 1.807) is 6.07 Å². The number of rotatable bonds is 4. The average Bonchev–Trinajstić information content (AvgIpc) is 2.31. The van der Waals surface area contributed by atoms with Crippen LogP contribution in [0.5, 0.6) is 0 Å². The van der Waals surface area contributed by atoms with E-state index in [9.17, 15) is 13.2 Å². The van der Waals surface area contributed by atoms with E-state index in [1.165, 1.54) is 12.1 Å². The molecule has 1 aliphatic rings. The van der Waals surface area contributed by atoms with Gasteiger partial charge in [-0.2, -0.15) is 13.2 Å². The summed E-state index contributed by atoms with van der Waals surface area (Å²) in [6.07, 6.45) is -2.07. The third kappa shape index (κ3) is 3.03. The molecule has 0 atom stereocenters. The molecule has 0 saturated carbocycles. The number of halogens is 3. The van der Waals surface area contributed by atoms with Gasteiger partial charge in [-0.3, -0.25) is 0 Å². The minimum atomic E-state index is -4.33. The van der Waals surface area contributed by atoms with Crippen molar-refractivity contribution in [1.29, 1.82) is 0 Å². The van der Waals surface area contributed by atoms with Gasteiger partial charge in [0.2, 0.25) is 0 Å². The topological polar surface area (TPSA) is 29.3 Å². The van der Waals surface area contributed by atoms with Crippen LogP contribution in [0.1, 0.15) is 30.9 Å². The SMILES string of the molecule is CCCC1CN(c2ccc(CN)c(C(F)(F)F)c2)C1. The zero-order valence-electron chi connectivity index (χ0n) is 11.0. The highest BCUT2D eigenvalue weighted by molar-refractivity contribution is 5.53. The third-order valence-corrected chi connectivity index (χ3v) is 3.64. The minimum Gasteiger partial charge on any atom is -0.371 e. The summed E-state index contributed by atoms with van der Waals surface area (Å²) in [5, 5.41) is 0. The van der Waals surface area contributed by atoms with Gasteiger partial charge in [-0.1, -0.05) is 19.4 Å². The van der Waals surface area contributed by atoms with Crippen LogP contribution in [0, 0.1) is 5.92 Å². The van der Waals surface area contributed by atoms with E-state index < -0.39 is 11.7 Å². The second kappa shape index (κ2) is 5.41. The van der Waals surface area contributed by atoms with Crippen molar-refractivity contribution in [2.24, 2.45) is 11.7 Å². The van der Waals surface area contributed by atoms with Gasteiger partial charge in [-0.25, -0.2) is 0 Å². The summed E-state index contributed by atoms with van der Waals surface area (Å²) in [7, 11) is 0. The summed E-state index contributed by atoms with van der Waals surface area (Å²) in [6.45, 7) is 3.74. The van der Waals surface area contributed by atoms with Crippen molar-refractivity contribution in [3.8, 4) is 0 Å². The first kappa shape index (κ1) is 14.2. The predicted molar refractivity (Wildman–Crippen MR) is 69.9 cm³/mol. The zero-order valence-corrected chi connectivity index (χ0v) is 11.0. The number of nitrogens with two attached hydrogens (primary N) is 1. The second-order valence-electron chi connectivity index (χ2n) is 5.10. The Hall–Kier alpha value is -1.23. The van der Waals surface area contributed by atoms with E-state index >= 15 is 0 Å². The van der Waals surface area contributed by atoms with Gasteiger partial charge >= 0.3 is 6.18 Å². The number of alkyl halides is 3. The Kier molecular flexibility index (Phi) is 4.04. The molecule has 0 radical (unpaired) electrons. The Morgan fingerprint density at radius 1 is 1.32 bits per heavy atom. The normalized spacial score (nSPS) is 16.6. The molecule has 1 saturated heterocycles. The zero-order chi connectivity index (χ0) is 14.0. The van der Waals surface area contributed by atoms with Crippen molar-refractivity contribution in [3.63, 3.8) is 0 Å². The first-order valence-corrected chi connectivity index (χ1v) is 6.60. The Morgan fingerprint density at radius 3 is 2.53 bits per heavy atom. The van der Waals surface area contributed by atoms with Crippen molar-refractivity contribution in [3.05, 3.63) is 29.3 Å². The Bertz CT molecular complexity index is 437. The van der Waals surface area contributed by atoms with Crippen molar-refractivity contribution < 1.29 is 13.2 Å². The van der Waals surface area contributed by atoms with E-state index in [1.807, 2.05) is 4.90 Å². The summed E-state index contributed by atoms with van der Waals surface area (Å²) in [5.41, 5.74) is 5.57. The fourth-order valence-corrected chi connectivity index (χ4v) is 2.57. The van der Waals surface area contributed by atoms with E-state index in [0.717, 1.165) is 25.9 Å². The number of anilines is 1. The van der Waals surface area contributed by atoms with Gasteiger partial charge in [0, 0.05) is 25.3 Å². The lowest BCUT2D eigenvalue weighted by Gasteiger charge is -2.41. The fourth-order valence-electron chi connectivity index (χ4n) is 2.57. The van der Waals surface area contributed by atoms with Crippen LogP contribution in [-0.4, -0.2) is 13.1 Å². The highest BCUT2D eigenvalue weighted by Gasteiger charge is 2.34. The molecule has 1 aromatic rings. The molecule has 2 rings (SSSR count). The van der Waals surface area contributed by atoms with Crippen molar-refractivity contribution >= 4 is 5.69 Å². The monoisotopic (exact) mass is 272 g/mol. The Balaban J connectivity index is 2.16. The molecule has 1 heterocycles. The molecule has 2 N–H and O–H groups in total. The van der Waals surface area contributed by atoms with Crippen molar-refractivity contribution in [2.45, 2.75) is 32.5 Å². The lowest BCUT2D eigenvalue weighted by molar-refractivity contribution is -0.138. The van der Waals surface area contributed by atoms with Gasteiger partial charge in [0.1, 0.15) is 0 Å². The van der Waals surface area contributed by atoms with E-state index in [2.05, 4.69) is 6.92 Å². The molecule has 0 aromatic heterocycles. The largest absolute Gasteiger partial charge is 0.416 e. The molecule has 1 aromatic carbocycles. The summed E-state index contributed by atoms with van der Waals surface area (Å²) >= 11 is 0. The molecule has 1 fully saturated rings. The van der Waals surface area contributed by atoms with E-state index in [0.29, 0.717) is 11.6 Å². The van der Waals surface area contributed by atoms with Gasteiger partial charge in [-0.05, 0) is 30.0 Å².